The molecule has 0 aliphatic carbocycles. The van der Waals surface area contributed by atoms with Crippen LogP contribution in [0.5, 0.6) is 5.75 Å². The van der Waals surface area contributed by atoms with Crippen LogP contribution in [0.3, 0.4) is 0 Å². The van der Waals surface area contributed by atoms with Gasteiger partial charge < -0.3 is 10.4 Å². The molecule has 2 saturated heterocycles. The number of pyridine rings is 1. The number of rotatable bonds is 3. The van der Waals surface area contributed by atoms with E-state index in [1.807, 2.05) is 18.2 Å². The molecule has 0 amide bonds. The van der Waals surface area contributed by atoms with Crippen LogP contribution in [0.4, 0.5) is 4.39 Å². The zero-order chi connectivity index (χ0) is 19.3. The Labute approximate surface area is 162 Å². The van der Waals surface area contributed by atoms with Crippen LogP contribution in [0.1, 0.15) is 25.0 Å². The number of phenolic OH excluding ortho intramolecular Hbond substituents is 1. The van der Waals surface area contributed by atoms with E-state index in [4.69, 9.17) is 0 Å². The van der Waals surface area contributed by atoms with Gasteiger partial charge in [0.05, 0.1) is 11.4 Å². The van der Waals surface area contributed by atoms with Crippen LogP contribution in [-0.2, 0) is 0 Å². The summed E-state index contributed by atoms with van der Waals surface area (Å²) >= 11 is 0. The van der Waals surface area contributed by atoms with E-state index in [0.717, 1.165) is 30.0 Å². The van der Waals surface area contributed by atoms with Gasteiger partial charge in [0.25, 0.3) is 0 Å². The third kappa shape index (κ3) is 2.85. The van der Waals surface area contributed by atoms with E-state index in [9.17, 15) is 9.50 Å². The summed E-state index contributed by atoms with van der Waals surface area (Å²) in [5, 5.41) is 24.1. The fraction of sp³-hybridized carbons (Fsp3) is 0.318. The number of nitrogens with one attached hydrogen (secondary N) is 1. The van der Waals surface area contributed by atoms with Gasteiger partial charge in [-0.15, -0.1) is 5.10 Å². The summed E-state index contributed by atoms with van der Waals surface area (Å²) in [5.41, 5.74) is 2.49. The monoisotopic (exact) mass is 376 g/mol. The van der Waals surface area contributed by atoms with Gasteiger partial charge in [-0.2, -0.15) is 5.10 Å². The molecule has 0 saturated carbocycles. The second kappa shape index (κ2) is 6.63. The van der Waals surface area contributed by atoms with Gasteiger partial charge in [-0.25, -0.2) is 4.39 Å². The maximum Gasteiger partial charge on any atom is 0.125 e. The van der Waals surface area contributed by atoms with Crippen molar-refractivity contribution in [3.8, 4) is 17.0 Å². The number of aromatic nitrogens is 3. The lowest BCUT2D eigenvalue weighted by Crippen LogP contribution is -2.47. The number of nitrogens with zero attached hydrogens (tertiary/aromatic N) is 3. The number of halogens is 1. The van der Waals surface area contributed by atoms with E-state index in [2.05, 4.69) is 27.1 Å². The first kappa shape index (κ1) is 17.3. The van der Waals surface area contributed by atoms with Crippen molar-refractivity contribution in [1.29, 1.82) is 0 Å². The fourth-order valence-corrected chi connectivity index (χ4v) is 4.50. The molecule has 4 atom stereocenters. The van der Waals surface area contributed by atoms with Crippen LogP contribution in [0.25, 0.3) is 27.6 Å². The molecule has 28 heavy (non-hydrogen) atoms. The predicted molar refractivity (Wildman–Crippen MR) is 106 cm³/mol. The van der Waals surface area contributed by atoms with Gasteiger partial charge in [0.2, 0.25) is 0 Å². The molecule has 2 unspecified atom stereocenters. The van der Waals surface area contributed by atoms with Crippen molar-refractivity contribution >= 4 is 16.3 Å². The van der Waals surface area contributed by atoms with Crippen molar-refractivity contribution in [2.75, 3.05) is 0 Å². The summed E-state index contributed by atoms with van der Waals surface area (Å²) in [6.07, 6.45) is 5.14. The molecule has 4 heterocycles. The number of phenols is 1. The third-order valence-corrected chi connectivity index (χ3v) is 6.06. The zero-order valence-corrected chi connectivity index (χ0v) is 15.3. The van der Waals surface area contributed by atoms with E-state index in [1.54, 1.807) is 24.5 Å². The molecule has 5 rings (SSSR count). The summed E-state index contributed by atoms with van der Waals surface area (Å²) in [6.45, 7) is 4.13. The number of fused-ring (bicyclic) bond motifs is 3. The number of alkyl halides is 1. The Morgan fingerprint density at radius 2 is 2.04 bits per heavy atom. The minimum absolute atomic E-state index is 0.0724. The summed E-state index contributed by atoms with van der Waals surface area (Å²) in [4.78, 5) is 4.07. The molecule has 0 spiro atoms. The molecule has 0 radical (unpaired) electrons. The molecule has 2 N–H and O–H groups in total. The van der Waals surface area contributed by atoms with Crippen molar-refractivity contribution in [3.63, 3.8) is 0 Å². The Morgan fingerprint density at radius 3 is 2.86 bits per heavy atom. The van der Waals surface area contributed by atoms with Gasteiger partial charge in [0.1, 0.15) is 11.9 Å². The number of allylic oxidation sites excluding steroid dienone is 1. The quantitative estimate of drug-likeness (QED) is 0.726. The van der Waals surface area contributed by atoms with E-state index in [0.29, 0.717) is 28.6 Å². The first-order valence-corrected chi connectivity index (χ1v) is 9.60. The number of hydrogen-bond donors (Lipinski definition) is 2. The molecule has 6 heteroatoms. The molecule has 2 bridgehead atoms. The van der Waals surface area contributed by atoms with E-state index >= 15 is 0 Å². The molecule has 1 aromatic carbocycles. The third-order valence-electron chi connectivity index (χ3n) is 6.06. The Balaban J connectivity index is 1.43. The van der Waals surface area contributed by atoms with Crippen LogP contribution >= 0.6 is 0 Å². The van der Waals surface area contributed by atoms with Gasteiger partial charge >= 0.3 is 0 Å². The molecule has 2 aliphatic heterocycles. The lowest BCUT2D eigenvalue weighted by molar-refractivity contribution is 0.167. The number of piperidine rings is 1. The molecule has 2 aliphatic rings. The zero-order valence-electron chi connectivity index (χ0n) is 15.3. The largest absolute Gasteiger partial charge is 0.507 e. The van der Waals surface area contributed by atoms with Crippen LogP contribution < -0.4 is 5.32 Å². The highest BCUT2D eigenvalue weighted by atomic mass is 19.1. The summed E-state index contributed by atoms with van der Waals surface area (Å²) < 4.78 is 14.8. The Morgan fingerprint density at radius 1 is 1.14 bits per heavy atom. The molecule has 142 valence electrons. The van der Waals surface area contributed by atoms with Crippen molar-refractivity contribution in [2.45, 2.75) is 37.5 Å². The van der Waals surface area contributed by atoms with Gasteiger partial charge in [-0.05, 0) is 60.6 Å². The first-order valence-electron chi connectivity index (χ1n) is 9.60. The van der Waals surface area contributed by atoms with Crippen LogP contribution in [-0.4, -0.2) is 38.5 Å². The standard InChI is InChI=1S/C22H21FN4O/c1-12(16-10-15-2-3-20(25-15)22(16)23)18-4-5-19(27-26-18)17-8-13-6-7-24-11-14(13)9-21(17)28/h4-9,11,15-16,20,22,25,28H,1-3,10H2/t15?,16-,20?,22+/m1/s1. The Bertz CT molecular complexity index is 1050. The Hall–Kier alpha value is -2.86. The maximum absolute atomic E-state index is 14.8. The van der Waals surface area contributed by atoms with E-state index in [1.165, 1.54) is 0 Å². The maximum atomic E-state index is 14.8. The highest BCUT2D eigenvalue weighted by Gasteiger charge is 2.43. The summed E-state index contributed by atoms with van der Waals surface area (Å²) in [6, 6.07) is 9.34. The lowest BCUT2D eigenvalue weighted by Gasteiger charge is -2.33. The van der Waals surface area contributed by atoms with Gasteiger partial charge in [-0.3, -0.25) is 4.98 Å². The normalized spacial score (nSPS) is 26.5. The minimum atomic E-state index is -0.939. The van der Waals surface area contributed by atoms with Crippen LogP contribution in [0.2, 0.25) is 0 Å². The predicted octanol–water partition coefficient (Wildman–Crippen LogP) is 3.89. The van der Waals surface area contributed by atoms with E-state index in [-0.39, 0.29) is 17.7 Å². The SMILES string of the molecule is C=C(c1ccc(-c2cc3ccncc3cc2O)nn1)[C@H]1CC2CCC(N2)[C@H]1F. The van der Waals surface area contributed by atoms with Gasteiger partial charge in [0, 0.05) is 41.3 Å². The Kier molecular flexibility index (Phi) is 4.09. The molecular weight excluding hydrogens is 355 g/mol. The molecular formula is C22H21FN4O. The second-order valence-electron chi connectivity index (χ2n) is 7.76. The average molecular weight is 376 g/mol. The highest BCUT2D eigenvalue weighted by molar-refractivity contribution is 5.89. The average Bonchev–Trinajstić information content (AvgIpc) is 3.13. The van der Waals surface area contributed by atoms with Gasteiger partial charge in [0.15, 0.2) is 0 Å². The molecule has 3 aromatic rings. The lowest BCUT2D eigenvalue weighted by atomic mass is 9.83. The summed E-state index contributed by atoms with van der Waals surface area (Å²) in [5.74, 6) is -0.0967. The van der Waals surface area contributed by atoms with Crippen molar-refractivity contribution in [2.24, 2.45) is 5.92 Å². The molecule has 5 nitrogen and oxygen atoms in total. The number of hydrogen-bond acceptors (Lipinski definition) is 5. The number of aromatic hydroxyl groups is 1. The summed E-state index contributed by atoms with van der Waals surface area (Å²) in [7, 11) is 0. The van der Waals surface area contributed by atoms with Gasteiger partial charge in [-0.1, -0.05) is 6.58 Å². The first-order chi connectivity index (χ1) is 13.6. The minimum Gasteiger partial charge on any atom is -0.507 e. The van der Waals surface area contributed by atoms with Crippen LogP contribution in [0.15, 0.2) is 49.3 Å². The molecule has 2 fully saturated rings. The topological polar surface area (TPSA) is 70.9 Å². The van der Waals surface area contributed by atoms with Crippen molar-refractivity contribution < 1.29 is 9.50 Å². The highest BCUT2D eigenvalue weighted by Crippen LogP contribution is 2.40. The van der Waals surface area contributed by atoms with Crippen LogP contribution in [0, 0.1) is 5.92 Å². The fourth-order valence-electron chi connectivity index (χ4n) is 4.50. The number of benzene rings is 1. The smallest absolute Gasteiger partial charge is 0.125 e. The second-order valence-corrected chi connectivity index (χ2v) is 7.76. The van der Waals surface area contributed by atoms with Crippen molar-refractivity contribution in [1.82, 2.24) is 20.5 Å². The van der Waals surface area contributed by atoms with E-state index < -0.39 is 6.17 Å². The van der Waals surface area contributed by atoms with Crippen molar-refractivity contribution in [3.05, 3.63) is 55.0 Å². The molecule has 2 aromatic heterocycles.